The lowest BCUT2D eigenvalue weighted by Gasteiger charge is -2.11. The first-order valence-electron chi connectivity index (χ1n) is 7.53. The Hall–Kier alpha value is -1.02. The Morgan fingerprint density at radius 1 is 1.18 bits per heavy atom. The number of aliphatic imine (C=N–C) groups is 1. The molecule has 22 heavy (non-hydrogen) atoms. The van der Waals surface area contributed by atoms with Gasteiger partial charge in [-0.05, 0) is 31.0 Å². The van der Waals surface area contributed by atoms with Crippen molar-refractivity contribution < 1.29 is 9.47 Å². The molecule has 0 fully saturated rings. The van der Waals surface area contributed by atoms with Crippen LogP contribution in [-0.4, -0.2) is 39.4 Å². The molecule has 0 saturated carbocycles. The fourth-order valence-electron chi connectivity index (χ4n) is 1.74. The summed E-state index contributed by atoms with van der Waals surface area (Å²) >= 11 is 0. The summed E-state index contributed by atoms with van der Waals surface area (Å²) in [5.41, 5.74) is 1.13. The molecule has 1 aromatic carbocycles. The number of guanidine groups is 1. The third-order valence-corrected chi connectivity index (χ3v) is 2.73. The monoisotopic (exact) mass is 421 g/mol. The van der Waals surface area contributed by atoms with Gasteiger partial charge in [0.15, 0.2) is 5.96 Å². The normalized spacial score (nSPS) is 10.8. The van der Waals surface area contributed by atoms with Crippen molar-refractivity contribution in [2.45, 2.75) is 26.8 Å². The van der Waals surface area contributed by atoms with Crippen LogP contribution in [-0.2, 0) is 11.3 Å². The third-order valence-electron chi connectivity index (χ3n) is 2.73. The van der Waals surface area contributed by atoms with Crippen LogP contribution in [0.25, 0.3) is 0 Å². The number of nitrogens with one attached hydrogen (secondary N) is 2. The van der Waals surface area contributed by atoms with Gasteiger partial charge in [0.2, 0.25) is 0 Å². The lowest BCUT2D eigenvalue weighted by molar-refractivity contribution is 0.203. The average Bonchev–Trinajstić information content (AvgIpc) is 2.51. The van der Waals surface area contributed by atoms with E-state index in [1.807, 2.05) is 25.1 Å². The standard InChI is InChI=1S/C16H27N3O2.HI/c1-4-10-21-15-8-6-7-14(12-15)13-19-16(17-5-2)18-9-11-20-3;/h6-8,12H,4-5,9-11,13H2,1-3H3,(H2,17,18,19);1H. The SMILES string of the molecule is CCCOc1cccc(CN=C(NCC)NCCOC)c1.I. The van der Waals surface area contributed by atoms with E-state index >= 15 is 0 Å². The molecule has 0 bridgehead atoms. The van der Waals surface area contributed by atoms with E-state index in [0.29, 0.717) is 13.2 Å². The summed E-state index contributed by atoms with van der Waals surface area (Å²) in [4.78, 5) is 4.56. The highest BCUT2D eigenvalue weighted by molar-refractivity contribution is 14.0. The van der Waals surface area contributed by atoms with Crippen molar-refractivity contribution in [2.24, 2.45) is 4.99 Å². The van der Waals surface area contributed by atoms with Gasteiger partial charge in [0, 0.05) is 20.2 Å². The Morgan fingerprint density at radius 3 is 2.68 bits per heavy atom. The number of nitrogens with zero attached hydrogens (tertiary/aromatic N) is 1. The Morgan fingerprint density at radius 2 is 2.00 bits per heavy atom. The van der Waals surface area contributed by atoms with Crippen LogP contribution in [0, 0.1) is 0 Å². The lowest BCUT2D eigenvalue weighted by Crippen LogP contribution is -2.38. The van der Waals surface area contributed by atoms with Crippen molar-refractivity contribution in [3.05, 3.63) is 29.8 Å². The maximum absolute atomic E-state index is 5.63. The van der Waals surface area contributed by atoms with E-state index in [0.717, 1.165) is 43.4 Å². The van der Waals surface area contributed by atoms with Crippen LogP contribution in [0.3, 0.4) is 0 Å². The number of rotatable bonds is 9. The maximum Gasteiger partial charge on any atom is 0.191 e. The smallest absolute Gasteiger partial charge is 0.191 e. The first kappa shape index (κ1) is 21.0. The van der Waals surface area contributed by atoms with Crippen molar-refractivity contribution in [1.29, 1.82) is 0 Å². The summed E-state index contributed by atoms with van der Waals surface area (Å²) < 4.78 is 10.7. The molecule has 0 unspecified atom stereocenters. The summed E-state index contributed by atoms with van der Waals surface area (Å²) in [7, 11) is 1.69. The van der Waals surface area contributed by atoms with Crippen LogP contribution in [0.4, 0.5) is 0 Å². The Bertz CT molecular complexity index is 428. The molecule has 0 saturated heterocycles. The van der Waals surface area contributed by atoms with Gasteiger partial charge in [0.1, 0.15) is 5.75 Å². The van der Waals surface area contributed by atoms with Crippen molar-refractivity contribution in [1.82, 2.24) is 10.6 Å². The lowest BCUT2D eigenvalue weighted by atomic mass is 10.2. The van der Waals surface area contributed by atoms with E-state index in [1.54, 1.807) is 7.11 Å². The molecule has 0 radical (unpaired) electrons. The highest BCUT2D eigenvalue weighted by Crippen LogP contribution is 2.14. The zero-order chi connectivity index (χ0) is 15.3. The zero-order valence-electron chi connectivity index (χ0n) is 13.7. The molecule has 126 valence electrons. The second-order valence-corrected chi connectivity index (χ2v) is 4.61. The van der Waals surface area contributed by atoms with Crippen molar-refractivity contribution >= 4 is 29.9 Å². The molecule has 0 heterocycles. The molecule has 0 amide bonds. The quantitative estimate of drug-likeness (QED) is 0.279. The number of hydrogen-bond acceptors (Lipinski definition) is 3. The molecule has 0 spiro atoms. The first-order valence-corrected chi connectivity index (χ1v) is 7.53. The summed E-state index contributed by atoms with van der Waals surface area (Å²) in [6.45, 7) is 7.74. The van der Waals surface area contributed by atoms with Gasteiger partial charge in [-0.15, -0.1) is 24.0 Å². The number of benzene rings is 1. The van der Waals surface area contributed by atoms with E-state index in [9.17, 15) is 0 Å². The summed E-state index contributed by atoms with van der Waals surface area (Å²) in [5, 5.41) is 6.44. The van der Waals surface area contributed by atoms with Crippen LogP contribution in [0.2, 0.25) is 0 Å². The van der Waals surface area contributed by atoms with Crippen LogP contribution >= 0.6 is 24.0 Å². The Kier molecular flexibility index (Phi) is 13.0. The zero-order valence-corrected chi connectivity index (χ0v) is 16.1. The van der Waals surface area contributed by atoms with E-state index < -0.39 is 0 Å². The second kappa shape index (κ2) is 13.6. The van der Waals surface area contributed by atoms with E-state index in [2.05, 4.69) is 28.6 Å². The van der Waals surface area contributed by atoms with Crippen LogP contribution in [0.15, 0.2) is 29.3 Å². The van der Waals surface area contributed by atoms with Crippen molar-refractivity contribution in [3.8, 4) is 5.75 Å². The minimum absolute atomic E-state index is 0. The molecule has 5 nitrogen and oxygen atoms in total. The van der Waals surface area contributed by atoms with Gasteiger partial charge in [-0.1, -0.05) is 19.1 Å². The van der Waals surface area contributed by atoms with Crippen LogP contribution in [0.5, 0.6) is 5.75 Å². The molecule has 1 rings (SSSR count). The van der Waals surface area contributed by atoms with Crippen molar-refractivity contribution in [2.75, 3.05) is 33.4 Å². The highest BCUT2D eigenvalue weighted by Gasteiger charge is 1.99. The van der Waals surface area contributed by atoms with Crippen LogP contribution < -0.4 is 15.4 Å². The molecule has 0 atom stereocenters. The minimum atomic E-state index is 0. The number of hydrogen-bond donors (Lipinski definition) is 2. The molecule has 0 aromatic heterocycles. The summed E-state index contributed by atoms with van der Waals surface area (Å²) in [5.74, 6) is 1.70. The topological polar surface area (TPSA) is 54.9 Å². The molecule has 6 heteroatoms. The van der Waals surface area contributed by atoms with Gasteiger partial charge in [-0.25, -0.2) is 4.99 Å². The molecule has 1 aromatic rings. The second-order valence-electron chi connectivity index (χ2n) is 4.61. The Labute approximate surface area is 150 Å². The van der Waals surface area contributed by atoms with Gasteiger partial charge in [-0.3, -0.25) is 0 Å². The van der Waals surface area contributed by atoms with E-state index in [-0.39, 0.29) is 24.0 Å². The maximum atomic E-state index is 5.63. The number of methoxy groups -OCH3 is 1. The predicted octanol–water partition coefficient (Wildman–Crippen LogP) is 2.79. The molecule has 0 aliphatic carbocycles. The van der Waals surface area contributed by atoms with Gasteiger partial charge in [-0.2, -0.15) is 0 Å². The van der Waals surface area contributed by atoms with Gasteiger partial charge in [0.05, 0.1) is 19.8 Å². The average molecular weight is 421 g/mol. The molecule has 0 aliphatic heterocycles. The highest BCUT2D eigenvalue weighted by atomic mass is 127. The van der Waals surface area contributed by atoms with Gasteiger partial charge in [0.25, 0.3) is 0 Å². The summed E-state index contributed by atoms with van der Waals surface area (Å²) in [6.07, 6.45) is 1.01. The van der Waals surface area contributed by atoms with Gasteiger partial charge < -0.3 is 20.1 Å². The third kappa shape index (κ3) is 9.09. The predicted molar refractivity (Wildman–Crippen MR) is 102 cm³/mol. The molecule has 2 N–H and O–H groups in total. The number of halogens is 1. The fourth-order valence-corrected chi connectivity index (χ4v) is 1.74. The largest absolute Gasteiger partial charge is 0.494 e. The summed E-state index contributed by atoms with van der Waals surface area (Å²) in [6, 6.07) is 8.07. The van der Waals surface area contributed by atoms with Crippen molar-refractivity contribution in [3.63, 3.8) is 0 Å². The van der Waals surface area contributed by atoms with Crippen LogP contribution in [0.1, 0.15) is 25.8 Å². The Balaban J connectivity index is 0.00000441. The first-order chi connectivity index (χ1) is 10.3. The van der Waals surface area contributed by atoms with E-state index in [4.69, 9.17) is 9.47 Å². The van der Waals surface area contributed by atoms with Gasteiger partial charge >= 0.3 is 0 Å². The molecular weight excluding hydrogens is 393 g/mol. The molecule has 0 aliphatic rings. The van der Waals surface area contributed by atoms with E-state index in [1.165, 1.54) is 0 Å². The fraction of sp³-hybridized carbons (Fsp3) is 0.562. The number of ether oxygens (including phenoxy) is 2. The molecular formula is C16H28IN3O2. The minimum Gasteiger partial charge on any atom is -0.494 e.